The quantitative estimate of drug-likeness (QED) is 0.421. The van der Waals surface area contributed by atoms with Crippen molar-refractivity contribution in [3.63, 3.8) is 0 Å². The molecule has 29 heavy (non-hydrogen) atoms. The first-order valence-corrected chi connectivity index (χ1v) is 10.5. The van der Waals surface area contributed by atoms with Gasteiger partial charge in [0.1, 0.15) is 0 Å². The summed E-state index contributed by atoms with van der Waals surface area (Å²) in [6.45, 7) is 4.72. The number of hydrogen-bond acceptors (Lipinski definition) is 4. The molecule has 1 heterocycles. The van der Waals surface area contributed by atoms with Gasteiger partial charge >= 0.3 is 0 Å². The first-order valence-electron chi connectivity index (χ1n) is 9.70. The third-order valence-corrected chi connectivity index (χ3v) is 5.59. The number of unbranched alkanes of at least 4 members (excludes halogenated alkanes) is 1. The van der Waals surface area contributed by atoms with E-state index in [2.05, 4.69) is 28.0 Å². The smallest absolute Gasteiger partial charge is 0.282 e. The van der Waals surface area contributed by atoms with Gasteiger partial charge in [0, 0.05) is 5.56 Å². The van der Waals surface area contributed by atoms with Gasteiger partial charge < -0.3 is 9.47 Å². The first kappa shape index (κ1) is 21.1. The van der Waals surface area contributed by atoms with Crippen LogP contribution in [0.4, 0.5) is 0 Å². The van der Waals surface area contributed by atoms with Crippen molar-refractivity contribution in [2.75, 3.05) is 13.7 Å². The van der Waals surface area contributed by atoms with E-state index in [4.69, 9.17) is 9.47 Å². The maximum Gasteiger partial charge on any atom is 0.282 e. The number of benzene rings is 2. The summed E-state index contributed by atoms with van der Waals surface area (Å²) in [5, 5.41) is 4.43. The Hall–Kier alpha value is -2.60. The molecule has 0 aliphatic carbocycles. The molecule has 0 bridgehead atoms. The molecule has 1 atom stereocenters. The SMILES string of the molecule is CCCCOc1ccc(-c2cnn(C(C)c3ccccc3)c(=O)c2Br)cc1OC. The molecule has 0 saturated heterocycles. The molecule has 5 nitrogen and oxygen atoms in total. The fourth-order valence-corrected chi connectivity index (χ4v) is 3.59. The molecule has 2 aromatic carbocycles. The van der Waals surface area contributed by atoms with Gasteiger partial charge in [-0.25, -0.2) is 4.68 Å². The number of aromatic nitrogens is 2. The highest BCUT2D eigenvalue weighted by atomic mass is 79.9. The highest BCUT2D eigenvalue weighted by Crippen LogP contribution is 2.34. The molecule has 0 N–H and O–H groups in total. The second-order valence-corrected chi connectivity index (χ2v) is 7.57. The van der Waals surface area contributed by atoms with E-state index >= 15 is 0 Å². The molecular weight excluding hydrogens is 432 g/mol. The highest BCUT2D eigenvalue weighted by Gasteiger charge is 2.17. The van der Waals surface area contributed by atoms with E-state index in [1.807, 2.05) is 55.5 Å². The summed E-state index contributed by atoms with van der Waals surface area (Å²) < 4.78 is 13.2. The standard InChI is InChI=1S/C23H25BrN2O3/c1-4-5-13-29-20-12-11-18(14-21(20)28-3)19-15-25-26(23(27)22(19)24)16(2)17-9-7-6-8-10-17/h6-12,14-16H,4-5,13H2,1-3H3. The van der Waals surface area contributed by atoms with Crippen molar-refractivity contribution in [1.82, 2.24) is 9.78 Å². The molecule has 0 amide bonds. The maximum atomic E-state index is 13.0. The van der Waals surface area contributed by atoms with Crippen LogP contribution < -0.4 is 15.0 Å². The summed E-state index contributed by atoms with van der Waals surface area (Å²) >= 11 is 3.48. The van der Waals surface area contributed by atoms with Crippen molar-refractivity contribution in [1.29, 1.82) is 0 Å². The fourth-order valence-electron chi connectivity index (χ4n) is 3.08. The van der Waals surface area contributed by atoms with Crippen LogP contribution in [0, 0.1) is 0 Å². The van der Waals surface area contributed by atoms with Gasteiger partial charge in [-0.15, -0.1) is 0 Å². The molecule has 0 radical (unpaired) electrons. The molecule has 0 aliphatic rings. The first-order chi connectivity index (χ1) is 14.1. The third kappa shape index (κ3) is 4.70. The van der Waals surface area contributed by atoms with Crippen molar-refractivity contribution in [2.45, 2.75) is 32.7 Å². The Morgan fingerprint density at radius 3 is 2.59 bits per heavy atom. The number of halogens is 1. The largest absolute Gasteiger partial charge is 0.493 e. The summed E-state index contributed by atoms with van der Waals surface area (Å²) in [6.07, 6.45) is 3.76. The molecule has 1 aromatic heterocycles. The Labute approximate surface area is 179 Å². The molecule has 3 aromatic rings. The predicted octanol–water partition coefficient (Wildman–Crippen LogP) is 5.47. The number of methoxy groups -OCH3 is 1. The van der Waals surface area contributed by atoms with Gasteiger partial charge in [-0.1, -0.05) is 49.7 Å². The summed E-state index contributed by atoms with van der Waals surface area (Å²) in [4.78, 5) is 13.0. The molecule has 0 aliphatic heterocycles. The average Bonchev–Trinajstić information content (AvgIpc) is 2.76. The lowest BCUT2D eigenvalue weighted by atomic mass is 10.1. The minimum atomic E-state index is -0.180. The molecule has 3 rings (SSSR count). The van der Waals surface area contributed by atoms with Gasteiger partial charge in [0.25, 0.3) is 5.56 Å². The van der Waals surface area contributed by atoms with Crippen LogP contribution in [0.15, 0.2) is 64.0 Å². The van der Waals surface area contributed by atoms with Gasteiger partial charge in [-0.05, 0) is 52.5 Å². The van der Waals surface area contributed by atoms with Crippen LogP contribution in [0.5, 0.6) is 11.5 Å². The zero-order valence-electron chi connectivity index (χ0n) is 16.9. The van der Waals surface area contributed by atoms with E-state index < -0.39 is 0 Å². The van der Waals surface area contributed by atoms with Crippen molar-refractivity contribution < 1.29 is 9.47 Å². The zero-order chi connectivity index (χ0) is 20.8. The normalized spacial score (nSPS) is 11.9. The van der Waals surface area contributed by atoms with E-state index in [1.165, 1.54) is 4.68 Å². The Kier molecular flexibility index (Phi) is 7.09. The second kappa shape index (κ2) is 9.74. The van der Waals surface area contributed by atoms with Gasteiger partial charge in [0.2, 0.25) is 0 Å². The minimum absolute atomic E-state index is 0.169. The molecule has 0 spiro atoms. The lowest BCUT2D eigenvalue weighted by Crippen LogP contribution is -2.27. The highest BCUT2D eigenvalue weighted by molar-refractivity contribution is 9.10. The van der Waals surface area contributed by atoms with Crippen LogP contribution in [0.25, 0.3) is 11.1 Å². The van der Waals surface area contributed by atoms with E-state index in [-0.39, 0.29) is 11.6 Å². The number of rotatable bonds is 8. The topological polar surface area (TPSA) is 53.4 Å². The van der Waals surface area contributed by atoms with E-state index in [9.17, 15) is 4.79 Å². The second-order valence-electron chi connectivity index (χ2n) is 6.78. The monoisotopic (exact) mass is 456 g/mol. The van der Waals surface area contributed by atoms with Crippen molar-refractivity contribution in [2.24, 2.45) is 0 Å². The number of hydrogen-bond donors (Lipinski definition) is 0. The molecule has 152 valence electrons. The Morgan fingerprint density at radius 1 is 1.14 bits per heavy atom. The van der Waals surface area contributed by atoms with Gasteiger partial charge in [0.15, 0.2) is 11.5 Å². The van der Waals surface area contributed by atoms with E-state index in [1.54, 1.807) is 13.3 Å². The van der Waals surface area contributed by atoms with E-state index in [0.29, 0.717) is 28.1 Å². The van der Waals surface area contributed by atoms with Crippen LogP contribution in [0.1, 0.15) is 38.3 Å². The fraction of sp³-hybridized carbons (Fsp3) is 0.304. The Bertz CT molecular complexity index is 1020. The average molecular weight is 457 g/mol. The zero-order valence-corrected chi connectivity index (χ0v) is 18.5. The number of nitrogens with zero attached hydrogens (tertiary/aromatic N) is 2. The molecule has 0 fully saturated rings. The predicted molar refractivity (Wildman–Crippen MR) is 119 cm³/mol. The van der Waals surface area contributed by atoms with Crippen LogP contribution in [-0.4, -0.2) is 23.5 Å². The van der Waals surface area contributed by atoms with Crippen molar-refractivity contribution in [3.8, 4) is 22.6 Å². The van der Waals surface area contributed by atoms with Crippen LogP contribution in [-0.2, 0) is 0 Å². The van der Waals surface area contributed by atoms with Gasteiger partial charge in [-0.2, -0.15) is 5.10 Å². The Balaban J connectivity index is 1.94. The van der Waals surface area contributed by atoms with Gasteiger partial charge in [0.05, 0.1) is 30.4 Å². The molecular formula is C23H25BrN2O3. The summed E-state index contributed by atoms with van der Waals surface area (Å²) in [7, 11) is 1.61. The maximum absolute atomic E-state index is 13.0. The van der Waals surface area contributed by atoms with Crippen molar-refractivity contribution in [3.05, 3.63) is 75.1 Å². The van der Waals surface area contributed by atoms with Crippen LogP contribution >= 0.6 is 15.9 Å². The lowest BCUT2D eigenvalue weighted by Gasteiger charge is -2.16. The van der Waals surface area contributed by atoms with Crippen molar-refractivity contribution >= 4 is 15.9 Å². The van der Waals surface area contributed by atoms with Crippen LogP contribution in [0.3, 0.4) is 0 Å². The summed E-state index contributed by atoms with van der Waals surface area (Å²) in [5.41, 5.74) is 2.39. The number of ether oxygens (including phenoxy) is 2. The minimum Gasteiger partial charge on any atom is -0.493 e. The Morgan fingerprint density at radius 2 is 1.90 bits per heavy atom. The summed E-state index contributed by atoms with van der Waals surface area (Å²) in [6, 6.07) is 15.3. The molecule has 1 unspecified atom stereocenters. The third-order valence-electron chi connectivity index (χ3n) is 4.82. The van der Waals surface area contributed by atoms with Gasteiger partial charge in [-0.3, -0.25) is 4.79 Å². The molecule has 0 saturated carbocycles. The summed E-state index contributed by atoms with van der Waals surface area (Å²) in [5.74, 6) is 1.33. The van der Waals surface area contributed by atoms with E-state index in [0.717, 1.165) is 24.0 Å². The molecule has 6 heteroatoms. The lowest BCUT2D eigenvalue weighted by molar-refractivity contribution is 0.288. The van der Waals surface area contributed by atoms with Crippen LogP contribution in [0.2, 0.25) is 0 Å².